The highest BCUT2D eigenvalue weighted by atomic mass is 16.7. The Morgan fingerprint density at radius 2 is 1.35 bits per heavy atom. The number of hydrogen-bond donors (Lipinski definition) is 8. The summed E-state index contributed by atoms with van der Waals surface area (Å²) in [6.45, 7) is -1.25. The summed E-state index contributed by atoms with van der Waals surface area (Å²) in [5.74, 6) is 0. The van der Waals surface area contributed by atoms with E-state index >= 15 is 0 Å². The summed E-state index contributed by atoms with van der Waals surface area (Å²) < 4.78 is 15.6. The van der Waals surface area contributed by atoms with Crippen molar-refractivity contribution in [3.05, 3.63) is 0 Å². The number of rotatable bonds is 4. The third kappa shape index (κ3) is 3.65. The SMILES string of the molecule is N[C@@H]1OC(CO)[C@H](O[C@@H]2OC(CO)[C@H](O)C(O)[C@H]2O)C(O)[C@H]1O. The van der Waals surface area contributed by atoms with Crippen LogP contribution in [0, 0.1) is 0 Å². The third-order valence-corrected chi connectivity index (χ3v) is 4.04. The molecule has 11 heteroatoms. The van der Waals surface area contributed by atoms with Crippen LogP contribution in [0.3, 0.4) is 0 Å². The Morgan fingerprint density at radius 1 is 0.739 bits per heavy atom. The van der Waals surface area contributed by atoms with Gasteiger partial charge in [0.1, 0.15) is 55.1 Å². The van der Waals surface area contributed by atoms with Gasteiger partial charge in [-0.05, 0) is 0 Å². The fourth-order valence-corrected chi connectivity index (χ4v) is 2.62. The van der Waals surface area contributed by atoms with Gasteiger partial charge in [0.2, 0.25) is 0 Å². The minimum absolute atomic E-state index is 0.598. The Balaban J connectivity index is 2.11. The first kappa shape index (κ1) is 18.9. The van der Waals surface area contributed by atoms with Gasteiger partial charge in [-0.3, -0.25) is 0 Å². The molecule has 0 aromatic carbocycles. The van der Waals surface area contributed by atoms with Gasteiger partial charge in [0.05, 0.1) is 13.2 Å². The highest BCUT2D eigenvalue weighted by Gasteiger charge is 2.49. The second-order valence-corrected chi connectivity index (χ2v) is 5.60. The van der Waals surface area contributed by atoms with E-state index in [1.165, 1.54) is 0 Å². The highest BCUT2D eigenvalue weighted by molar-refractivity contribution is 4.94. The molecule has 0 spiro atoms. The molecule has 0 saturated carbocycles. The fourth-order valence-electron chi connectivity index (χ4n) is 2.62. The summed E-state index contributed by atoms with van der Waals surface area (Å²) in [5, 5.41) is 67.4. The van der Waals surface area contributed by atoms with E-state index in [1.54, 1.807) is 0 Å². The molecular weight excluding hydrogens is 318 g/mol. The number of aliphatic hydroxyl groups is 7. The highest BCUT2D eigenvalue weighted by Crippen LogP contribution is 2.28. The van der Waals surface area contributed by atoms with Gasteiger partial charge >= 0.3 is 0 Å². The molecule has 10 atom stereocenters. The lowest BCUT2D eigenvalue weighted by Crippen LogP contribution is -2.65. The molecule has 2 rings (SSSR count). The Kier molecular flexibility index (Phi) is 6.27. The minimum atomic E-state index is -1.69. The van der Waals surface area contributed by atoms with Crippen LogP contribution in [0.5, 0.6) is 0 Å². The Bertz CT molecular complexity index is 383. The molecule has 2 aliphatic heterocycles. The predicted octanol–water partition coefficient (Wildman–Crippen LogP) is -5.43. The quantitative estimate of drug-likeness (QED) is 0.243. The van der Waals surface area contributed by atoms with Gasteiger partial charge in [-0.1, -0.05) is 0 Å². The molecule has 2 heterocycles. The van der Waals surface area contributed by atoms with E-state index in [0.717, 1.165) is 0 Å². The molecule has 0 radical (unpaired) electrons. The van der Waals surface area contributed by atoms with Gasteiger partial charge in [0.25, 0.3) is 0 Å². The smallest absolute Gasteiger partial charge is 0.187 e. The van der Waals surface area contributed by atoms with Gasteiger partial charge in [0.15, 0.2) is 6.29 Å². The maximum Gasteiger partial charge on any atom is 0.187 e. The van der Waals surface area contributed by atoms with Gasteiger partial charge in [-0.15, -0.1) is 0 Å². The molecule has 11 nitrogen and oxygen atoms in total. The molecule has 0 aromatic heterocycles. The summed E-state index contributed by atoms with van der Waals surface area (Å²) in [6, 6.07) is 0. The van der Waals surface area contributed by atoms with Crippen molar-refractivity contribution in [3.63, 3.8) is 0 Å². The lowest BCUT2D eigenvalue weighted by molar-refractivity contribution is -0.341. The van der Waals surface area contributed by atoms with Crippen molar-refractivity contribution >= 4 is 0 Å². The standard InChI is InChI=1S/C12H23NO10/c13-11-8(19)7(18)10(4(2-15)21-11)23-12-9(20)6(17)5(16)3(1-14)22-12/h3-12,14-20H,1-2,13H2/t3?,4?,5-,6?,7?,8+,9+,10-,11+,12-/m0/s1. The van der Waals surface area contributed by atoms with Gasteiger partial charge in [0, 0.05) is 0 Å². The van der Waals surface area contributed by atoms with Crippen LogP contribution in [0.1, 0.15) is 0 Å². The van der Waals surface area contributed by atoms with Crippen molar-refractivity contribution in [2.24, 2.45) is 5.73 Å². The monoisotopic (exact) mass is 341 g/mol. The number of hydrogen-bond acceptors (Lipinski definition) is 11. The van der Waals surface area contributed by atoms with E-state index in [0.29, 0.717) is 0 Å². The summed E-state index contributed by atoms with van der Waals surface area (Å²) >= 11 is 0. The van der Waals surface area contributed by atoms with E-state index < -0.39 is 74.6 Å². The average Bonchev–Trinajstić information content (AvgIpc) is 2.55. The second kappa shape index (κ2) is 7.63. The Hall–Kier alpha value is -0.440. The van der Waals surface area contributed by atoms with Crippen LogP contribution in [0.2, 0.25) is 0 Å². The van der Waals surface area contributed by atoms with Crippen LogP contribution < -0.4 is 5.73 Å². The van der Waals surface area contributed by atoms with Crippen molar-refractivity contribution in [3.8, 4) is 0 Å². The molecular formula is C12H23NO10. The molecule has 0 aliphatic carbocycles. The fraction of sp³-hybridized carbons (Fsp3) is 1.00. The molecule has 0 amide bonds. The zero-order valence-corrected chi connectivity index (χ0v) is 12.1. The summed E-state index contributed by atoms with van der Waals surface area (Å²) in [7, 11) is 0. The molecule has 4 unspecified atom stereocenters. The molecule has 136 valence electrons. The molecule has 2 aliphatic rings. The van der Waals surface area contributed by atoms with E-state index in [-0.39, 0.29) is 0 Å². The number of nitrogens with two attached hydrogens (primary N) is 1. The van der Waals surface area contributed by atoms with Crippen molar-refractivity contribution in [1.29, 1.82) is 0 Å². The minimum Gasteiger partial charge on any atom is -0.394 e. The van der Waals surface area contributed by atoms with Crippen LogP contribution in [0.4, 0.5) is 0 Å². The summed E-state index contributed by atoms with van der Waals surface area (Å²) in [5.41, 5.74) is 5.46. The van der Waals surface area contributed by atoms with Gasteiger partial charge < -0.3 is 55.7 Å². The van der Waals surface area contributed by atoms with Gasteiger partial charge in [-0.2, -0.15) is 0 Å². The van der Waals surface area contributed by atoms with Gasteiger partial charge in [-0.25, -0.2) is 0 Å². The van der Waals surface area contributed by atoms with Crippen LogP contribution in [-0.4, -0.2) is 110 Å². The summed E-state index contributed by atoms with van der Waals surface area (Å²) in [4.78, 5) is 0. The van der Waals surface area contributed by atoms with Crippen LogP contribution >= 0.6 is 0 Å². The first-order chi connectivity index (χ1) is 10.8. The zero-order valence-electron chi connectivity index (χ0n) is 12.1. The van der Waals surface area contributed by atoms with E-state index in [9.17, 15) is 30.6 Å². The summed E-state index contributed by atoms with van der Waals surface area (Å²) in [6.07, 6.45) is -14.4. The predicted molar refractivity (Wildman–Crippen MR) is 70.6 cm³/mol. The molecule has 0 aromatic rings. The Labute approximate surface area is 131 Å². The average molecular weight is 341 g/mol. The van der Waals surface area contributed by atoms with Crippen LogP contribution in [0.25, 0.3) is 0 Å². The van der Waals surface area contributed by atoms with E-state index in [4.69, 9.17) is 25.1 Å². The maximum absolute atomic E-state index is 10.0. The van der Waals surface area contributed by atoms with E-state index in [2.05, 4.69) is 0 Å². The molecule has 0 bridgehead atoms. The lowest BCUT2D eigenvalue weighted by atomic mass is 9.96. The maximum atomic E-state index is 10.0. The largest absolute Gasteiger partial charge is 0.394 e. The molecule has 9 N–H and O–H groups in total. The zero-order chi connectivity index (χ0) is 17.3. The van der Waals surface area contributed by atoms with Crippen LogP contribution in [-0.2, 0) is 14.2 Å². The van der Waals surface area contributed by atoms with Crippen molar-refractivity contribution in [2.75, 3.05) is 13.2 Å². The molecule has 2 fully saturated rings. The van der Waals surface area contributed by atoms with E-state index in [1.807, 2.05) is 0 Å². The first-order valence-electron chi connectivity index (χ1n) is 7.15. The second-order valence-electron chi connectivity index (χ2n) is 5.60. The normalized spacial score (nSPS) is 51.7. The van der Waals surface area contributed by atoms with Crippen molar-refractivity contribution in [1.82, 2.24) is 0 Å². The van der Waals surface area contributed by atoms with Crippen molar-refractivity contribution < 1.29 is 50.0 Å². The van der Waals surface area contributed by atoms with Crippen molar-refractivity contribution in [2.45, 2.75) is 61.3 Å². The molecule has 23 heavy (non-hydrogen) atoms. The lowest BCUT2D eigenvalue weighted by Gasteiger charge is -2.45. The Morgan fingerprint density at radius 3 is 1.91 bits per heavy atom. The first-order valence-corrected chi connectivity index (χ1v) is 7.15. The number of ether oxygens (including phenoxy) is 3. The molecule has 2 saturated heterocycles. The topological polar surface area (TPSA) is 195 Å². The number of aliphatic hydroxyl groups excluding tert-OH is 7. The third-order valence-electron chi connectivity index (χ3n) is 4.04. The van der Waals surface area contributed by atoms with Crippen LogP contribution in [0.15, 0.2) is 0 Å².